The van der Waals surface area contributed by atoms with E-state index in [1.54, 1.807) is 24.3 Å². The van der Waals surface area contributed by atoms with Crippen molar-refractivity contribution >= 4 is 27.7 Å². The molecule has 0 heterocycles. The molecule has 25 heavy (non-hydrogen) atoms. The second kappa shape index (κ2) is 8.15. The maximum Gasteiger partial charge on any atom is 0.416 e. The van der Waals surface area contributed by atoms with Crippen molar-refractivity contribution in [3.8, 4) is 0 Å². The van der Waals surface area contributed by atoms with Gasteiger partial charge in [0.2, 0.25) is 5.91 Å². The van der Waals surface area contributed by atoms with Gasteiger partial charge in [0.25, 0.3) is 5.91 Å². The fraction of sp³-hybridized carbons (Fsp3) is 0.176. The number of carbonyl (C=O) groups is 2. The largest absolute Gasteiger partial charge is 0.416 e. The molecule has 0 aliphatic carbocycles. The van der Waals surface area contributed by atoms with Crippen molar-refractivity contribution in [2.24, 2.45) is 0 Å². The number of alkyl halides is 3. The van der Waals surface area contributed by atoms with Crippen LogP contribution in [0.4, 0.5) is 13.2 Å². The molecule has 2 aromatic rings. The highest BCUT2D eigenvalue weighted by Crippen LogP contribution is 2.29. The van der Waals surface area contributed by atoms with E-state index < -0.39 is 23.6 Å². The summed E-state index contributed by atoms with van der Waals surface area (Å²) >= 11 is 3.25. The van der Waals surface area contributed by atoms with Crippen LogP contribution in [0.15, 0.2) is 53.0 Å². The first-order valence-corrected chi connectivity index (χ1v) is 8.01. The third-order valence-electron chi connectivity index (χ3n) is 3.26. The zero-order valence-corrected chi connectivity index (χ0v) is 14.4. The van der Waals surface area contributed by atoms with Gasteiger partial charge < -0.3 is 10.6 Å². The van der Waals surface area contributed by atoms with Gasteiger partial charge >= 0.3 is 6.18 Å². The van der Waals surface area contributed by atoms with E-state index in [-0.39, 0.29) is 13.1 Å². The van der Waals surface area contributed by atoms with Crippen LogP contribution in [0, 0.1) is 0 Å². The Kier molecular flexibility index (Phi) is 6.19. The molecule has 0 atom stereocenters. The van der Waals surface area contributed by atoms with E-state index in [0.29, 0.717) is 11.1 Å². The molecule has 2 amide bonds. The van der Waals surface area contributed by atoms with Gasteiger partial charge in [-0.3, -0.25) is 9.59 Å². The molecule has 0 unspecified atom stereocenters. The highest BCUT2D eigenvalue weighted by molar-refractivity contribution is 9.10. The molecular formula is C17H14BrF3N2O2. The summed E-state index contributed by atoms with van der Waals surface area (Å²) in [5, 5.41) is 4.91. The number of carbonyl (C=O) groups excluding carboxylic acids is 2. The number of amides is 2. The highest BCUT2D eigenvalue weighted by atomic mass is 79.9. The van der Waals surface area contributed by atoms with E-state index >= 15 is 0 Å². The third-order valence-corrected chi connectivity index (χ3v) is 3.79. The van der Waals surface area contributed by atoms with Crippen molar-refractivity contribution in [2.75, 3.05) is 6.54 Å². The number of nitrogens with one attached hydrogen (secondary N) is 2. The molecule has 0 saturated carbocycles. The predicted octanol–water partition coefficient (Wildman–Crippen LogP) is 3.51. The van der Waals surface area contributed by atoms with E-state index in [4.69, 9.17) is 0 Å². The van der Waals surface area contributed by atoms with E-state index in [1.165, 1.54) is 12.1 Å². The van der Waals surface area contributed by atoms with Crippen LogP contribution in [-0.4, -0.2) is 18.4 Å². The van der Waals surface area contributed by atoms with Crippen LogP contribution in [0.5, 0.6) is 0 Å². The molecule has 0 aliphatic rings. The summed E-state index contributed by atoms with van der Waals surface area (Å²) < 4.78 is 38.7. The lowest BCUT2D eigenvalue weighted by Gasteiger charge is -2.10. The standard InChI is InChI=1S/C17H14BrF3N2O2/c18-14-6-4-12(5-7-14)16(25)23-10-15(24)22-9-11-2-1-3-13(8-11)17(19,20)21/h1-8H,9-10H2,(H,22,24)(H,23,25). The summed E-state index contributed by atoms with van der Waals surface area (Å²) in [7, 11) is 0. The Balaban J connectivity index is 1.83. The van der Waals surface area contributed by atoms with Gasteiger partial charge in [-0.15, -0.1) is 0 Å². The van der Waals surface area contributed by atoms with E-state index in [2.05, 4.69) is 26.6 Å². The molecule has 132 valence electrons. The number of rotatable bonds is 5. The van der Waals surface area contributed by atoms with Crippen molar-refractivity contribution in [1.29, 1.82) is 0 Å². The summed E-state index contributed by atoms with van der Waals surface area (Å²) in [6.07, 6.45) is -4.43. The normalized spacial score (nSPS) is 11.0. The van der Waals surface area contributed by atoms with Crippen molar-refractivity contribution in [3.63, 3.8) is 0 Å². The Morgan fingerprint density at radius 1 is 1.00 bits per heavy atom. The summed E-state index contributed by atoms with van der Waals surface area (Å²) in [6, 6.07) is 11.3. The van der Waals surface area contributed by atoms with Gasteiger partial charge in [-0.05, 0) is 42.0 Å². The van der Waals surface area contributed by atoms with Gasteiger partial charge in [-0.25, -0.2) is 0 Å². The average molecular weight is 415 g/mol. The molecule has 0 fully saturated rings. The number of halogens is 4. The molecule has 2 aromatic carbocycles. The summed E-state index contributed by atoms with van der Waals surface area (Å²) in [6.45, 7) is -0.329. The van der Waals surface area contributed by atoms with Crippen LogP contribution >= 0.6 is 15.9 Å². The zero-order chi connectivity index (χ0) is 18.4. The van der Waals surface area contributed by atoms with E-state index in [0.717, 1.165) is 16.6 Å². The molecule has 0 saturated heterocycles. The topological polar surface area (TPSA) is 58.2 Å². The lowest BCUT2D eigenvalue weighted by Crippen LogP contribution is -2.36. The molecular weight excluding hydrogens is 401 g/mol. The fourth-order valence-electron chi connectivity index (χ4n) is 1.98. The van der Waals surface area contributed by atoms with E-state index in [1.807, 2.05) is 0 Å². The molecule has 8 heteroatoms. The zero-order valence-electron chi connectivity index (χ0n) is 12.9. The van der Waals surface area contributed by atoms with Crippen molar-refractivity contribution in [2.45, 2.75) is 12.7 Å². The monoisotopic (exact) mass is 414 g/mol. The number of hydrogen-bond donors (Lipinski definition) is 2. The molecule has 0 aromatic heterocycles. The SMILES string of the molecule is O=C(CNC(=O)c1ccc(Br)cc1)NCc1cccc(C(F)(F)F)c1. The van der Waals surface area contributed by atoms with Crippen LogP contribution in [0.3, 0.4) is 0 Å². The fourth-order valence-corrected chi connectivity index (χ4v) is 2.25. The van der Waals surface area contributed by atoms with Crippen molar-refractivity contribution in [3.05, 3.63) is 69.7 Å². The Bertz CT molecular complexity index is 761. The molecule has 0 spiro atoms. The second-order valence-electron chi connectivity index (χ2n) is 5.16. The summed E-state index contributed by atoms with van der Waals surface area (Å²) in [5.74, 6) is -0.912. The third kappa shape index (κ3) is 5.90. The minimum Gasteiger partial charge on any atom is -0.350 e. The average Bonchev–Trinajstić information content (AvgIpc) is 2.58. The molecule has 4 nitrogen and oxygen atoms in total. The predicted molar refractivity (Wildman–Crippen MR) is 89.8 cm³/mol. The van der Waals surface area contributed by atoms with Crippen LogP contribution in [0.25, 0.3) is 0 Å². The Labute approximate surface area is 150 Å². The van der Waals surface area contributed by atoms with Gasteiger partial charge in [-0.1, -0.05) is 28.1 Å². The van der Waals surface area contributed by atoms with Crippen LogP contribution < -0.4 is 10.6 Å². The lowest BCUT2D eigenvalue weighted by molar-refractivity contribution is -0.137. The lowest BCUT2D eigenvalue weighted by atomic mass is 10.1. The minimum atomic E-state index is -4.43. The first-order valence-electron chi connectivity index (χ1n) is 7.22. The minimum absolute atomic E-state index is 0.0586. The quantitative estimate of drug-likeness (QED) is 0.786. The van der Waals surface area contributed by atoms with Crippen LogP contribution in [0.1, 0.15) is 21.5 Å². The summed E-state index contributed by atoms with van der Waals surface area (Å²) in [5.41, 5.74) is -0.0564. The van der Waals surface area contributed by atoms with E-state index in [9.17, 15) is 22.8 Å². The maximum atomic E-state index is 12.6. The van der Waals surface area contributed by atoms with Gasteiger partial charge in [0.15, 0.2) is 0 Å². The Morgan fingerprint density at radius 2 is 1.68 bits per heavy atom. The molecule has 2 rings (SSSR count). The van der Waals surface area contributed by atoms with Crippen LogP contribution in [-0.2, 0) is 17.5 Å². The smallest absolute Gasteiger partial charge is 0.350 e. The summed E-state index contributed by atoms with van der Waals surface area (Å²) in [4.78, 5) is 23.6. The number of benzene rings is 2. The van der Waals surface area contributed by atoms with Crippen LogP contribution in [0.2, 0.25) is 0 Å². The first kappa shape index (κ1) is 19.0. The van der Waals surface area contributed by atoms with Gasteiger partial charge in [0, 0.05) is 16.6 Å². The molecule has 0 aliphatic heterocycles. The van der Waals surface area contributed by atoms with Crippen molar-refractivity contribution in [1.82, 2.24) is 10.6 Å². The van der Waals surface area contributed by atoms with Crippen molar-refractivity contribution < 1.29 is 22.8 Å². The maximum absolute atomic E-state index is 12.6. The molecule has 0 bridgehead atoms. The molecule has 2 N–H and O–H groups in total. The Hall–Kier alpha value is -2.35. The molecule has 0 radical (unpaired) electrons. The first-order chi connectivity index (χ1) is 11.8. The van der Waals surface area contributed by atoms with Gasteiger partial charge in [0.05, 0.1) is 12.1 Å². The second-order valence-corrected chi connectivity index (χ2v) is 6.08. The van der Waals surface area contributed by atoms with Gasteiger partial charge in [-0.2, -0.15) is 13.2 Å². The Morgan fingerprint density at radius 3 is 2.32 bits per heavy atom. The number of hydrogen-bond acceptors (Lipinski definition) is 2. The highest BCUT2D eigenvalue weighted by Gasteiger charge is 2.30. The van der Waals surface area contributed by atoms with Gasteiger partial charge in [0.1, 0.15) is 0 Å².